The van der Waals surface area contributed by atoms with Gasteiger partial charge in [0.05, 0.1) is 6.54 Å². The van der Waals surface area contributed by atoms with Crippen LogP contribution in [0.15, 0.2) is 41.3 Å². The standard InChI is InChI=1S/C17H15F2N3O3/c1-2-10-4-3-7-22(14(10)23)9-17(15(24)20-16(25)21-17)11-5-6-12(18)13(19)8-11/h3-8H,2,9H2,1H3,(H2,20,21,24,25). The van der Waals surface area contributed by atoms with E-state index in [2.05, 4.69) is 10.6 Å². The Labute approximate surface area is 141 Å². The number of urea groups is 1. The van der Waals surface area contributed by atoms with E-state index in [0.717, 1.165) is 12.1 Å². The molecule has 1 unspecified atom stereocenters. The van der Waals surface area contributed by atoms with Gasteiger partial charge >= 0.3 is 6.03 Å². The molecule has 1 fully saturated rings. The first-order valence-corrected chi connectivity index (χ1v) is 7.65. The summed E-state index contributed by atoms with van der Waals surface area (Å²) in [6, 6.07) is 5.46. The van der Waals surface area contributed by atoms with Gasteiger partial charge in [-0.1, -0.05) is 19.1 Å². The topological polar surface area (TPSA) is 80.2 Å². The van der Waals surface area contributed by atoms with Gasteiger partial charge in [0, 0.05) is 11.8 Å². The Morgan fingerprint density at radius 1 is 1.12 bits per heavy atom. The number of carbonyl (C=O) groups excluding carboxylic acids is 2. The zero-order chi connectivity index (χ0) is 18.2. The van der Waals surface area contributed by atoms with Gasteiger partial charge in [0.15, 0.2) is 17.2 Å². The Bertz CT molecular complexity index is 926. The van der Waals surface area contributed by atoms with Crippen molar-refractivity contribution in [1.29, 1.82) is 0 Å². The Hall–Kier alpha value is -3.03. The predicted octanol–water partition coefficient (Wildman–Crippen LogP) is 1.42. The number of hydrogen-bond donors (Lipinski definition) is 2. The van der Waals surface area contributed by atoms with Crippen LogP contribution in [0.4, 0.5) is 13.6 Å². The summed E-state index contributed by atoms with van der Waals surface area (Å²) in [6.45, 7) is 1.57. The lowest BCUT2D eigenvalue weighted by molar-refractivity contribution is -0.124. The predicted molar refractivity (Wildman–Crippen MR) is 84.8 cm³/mol. The molecule has 2 aromatic rings. The highest BCUT2D eigenvalue weighted by Gasteiger charge is 2.48. The first-order chi connectivity index (χ1) is 11.9. The number of halogens is 2. The summed E-state index contributed by atoms with van der Waals surface area (Å²) in [5, 5.41) is 4.53. The van der Waals surface area contributed by atoms with E-state index in [1.807, 2.05) is 6.92 Å². The number of nitrogens with zero attached hydrogens (tertiary/aromatic N) is 1. The molecule has 25 heavy (non-hydrogen) atoms. The van der Waals surface area contributed by atoms with Gasteiger partial charge in [0.25, 0.3) is 11.5 Å². The molecule has 0 radical (unpaired) electrons. The summed E-state index contributed by atoms with van der Waals surface area (Å²) in [5.74, 6) is -2.97. The number of rotatable bonds is 4. The van der Waals surface area contributed by atoms with Crippen LogP contribution < -0.4 is 16.2 Å². The van der Waals surface area contributed by atoms with Crippen LogP contribution in [0.2, 0.25) is 0 Å². The van der Waals surface area contributed by atoms with E-state index in [0.29, 0.717) is 12.0 Å². The van der Waals surface area contributed by atoms with Crippen molar-refractivity contribution in [2.24, 2.45) is 0 Å². The van der Waals surface area contributed by atoms with E-state index in [4.69, 9.17) is 0 Å². The van der Waals surface area contributed by atoms with Crippen LogP contribution in [0.25, 0.3) is 0 Å². The highest BCUT2D eigenvalue weighted by molar-refractivity contribution is 6.07. The maximum atomic E-state index is 13.7. The minimum Gasteiger partial charge on any atom is -0.318 e. The molecule has 3 amide bonds. The highest BCUT2D eigenvalue weighted by atomic mass is 19.2. The molecule has 1 aromatic heterocycles. The largest absolute Gasteiger partial charge is 0.322 e. The van der Waals surface area contributed by atoms with Gasteiger partial charge < -0.3 is 9.88 Å². The van der Waals surface area contributed by atoms with Crippen molar-refractivity contribution in [3.8, 4) is 0 Å². The highest BCUT2D eigenvalue weighted by Crippen LogP contribution is 2.28. The summed E-state index contributed by atoms with van der Waals surface area (Å²) >= 11 is 0. The second-order valence-electron chi connectivity index (χ2n) is 5.76. The fourth-order valence-corrected chi connectivity index (χ4v) is 2.89. The van der Waals surface area contributed by atoms with Crippen LogP contribution in [-0.2, 0) is 23.3 Å². The van der Waals surface area contributed by atoms with E-state index >= 15 is 0 Å². The molecule has 1 aliphatic rings. The number of amides is 3. The lowest BCUT2D eigenvalue weighted by Gasteiger charge is -2.27. The van der Waals surface area contributed by atoms with Crippen molar-refractivity contribution >= 4 is 11.9 Å². The Morgan fingerprint density at radius 3 is 2.48 bits per heavy atom. The fraction of sp³-hybridized carbons (Fsp3) is 0.235. The average molecular weight is 347 g/mol. The molecule has 130 valence electrons. The van der Waals surface area contributed by atoms with Crippen molar-refractivity contribution in [1.82, 2.24) is 15.2 Å². The molecule has 6 nitrogen and oxygen atoms in total. The Morgan fingerprint density at radius 2 is 1.88 bits per heavy atom. The lowest BCUT2D eigenvalue weighted by atomic mass is 9.89. The van der Waals surface area contributed by atoms with Gasteiger partial charge in [-0.15, -0.1) is 0 Å². The second kappa shape index (κ2) is 6.12. The molecule has 2 heterocycles. The molecule has 1 aromatic carbocycles. The zero-order valence-corrected chi connectivity index (χ0v) is 13.3. The molecule has 0 bridgehead atoms. The monoisotopic (exact) mass is 347 g/mol. The second-order valence-corrected chi connectivity index (χ2v) is 5.76. The van der Waals surface area contributed by atoms with Gasteiger partial charge in [0.2, 0.25) is 0 Å². The molecule has 1 aliphatic heterocycles. The van der Waals surface area contributed by atoms with Crippen LogP contribution in [0.5, 0.6) is 0 Å². The Balaban J connectivity index is 2.14. The molecule has 1 atom stereocenters. The molecule has 0 spiro atoms. The minimum atomic E-state index is -1.71. The van der Waals surface area contributed by atoms with Crippen LogP contribution in [0, 0.1) is 11.6 Å². The van der Waals surface area contributed by atoms with Crippen molar-refractivity contribution in [2.45, 2.75) is 25.4 Å². The number of imide groups is 1. The molecule has 1 saturated heterocycles. The molecular weight excluding hydrogens is 332 g/mol. The first kappa shape index (κ1) is 16.8. The minimum absolute atomic E-state index is 0.0450. The van der Waals surface area contributed by atoms with Gasteiger partial charge in [-0.25, -0.2) is 13.6 Å². The van der Waals surface area contributed by atoms with E-state index in [1.165, 1.54) is 16.8 Å². The number of carbonyl (C=O) groups is 2. The van der Waals surface area contributed by atoms with Gasteiger partial charge in [-0.2, -0.15) is 0 Å². The SMILES string of the molecule is CCc1cccn(CC2(c3ccc(F)c(F)c3)NC(=O)NC2=O)c1=O. The van der Waals surface area contributed by atoms with Crippen molar-refractivity contribution < 1.29 is 18.4 Å². The number of nitrogens with one attached hydrogen (secondary N) is 2. The maximum Gasteiger partial charge on any atom is 0.322 e. The van der Waals surface area contributed by atoms with Gasteiger partial charge in [-0.3, -0.25) is 14.9 Å². The summed E-state index contributed by atoms with van der Waals surface area (Å²) in [7, 11) is 0. The summed E-state index contributed by atoms with van der Waals surface area (Å²) in [6.07, 6.45) is 1.97. The van der Waals surface area contributed by atoms with E-state index in [9.17, 15) is 23.2 Å². The van der Waals surface area contributed by atoms with Crippen molar-refractivity contribution in [2.75, 3.05) is 0 Å². The number of benzene rings is 1. The van der Waals surface area contributed by atoms with Crippen LogP contribution in [0.1, 0.15) is 18.1 Å². The third kappa shape index (κ3) is 2.79. The molecular formula is C17H15F2N3O3. The number of aromatic nitrogens is 1. The lowest BCUT2D eigenvalue weighted by Crippen LogP contribution is -2.49. The normalized spacial score (nSPS) is 19.6. The van der Waals surface area contributed by atoms with Gasteiger partial charge in [-0.05, 0) is 30.2 Å². The first-order valence-electron chi connectivity index (χ1n) is 7.65. The van der Waals surface area contributed by atoms with E-state index in [-0.39, 0.29) is 17.7 Å². The van der Waals surface area contributed by atoms with Crippen LogP contribution in [0.3, 0.4) is 0 Å². The van der Waals surface area contributed by atoms with Crippen molar-refractivity contribution in [3.05, 3.63) is 69.6 Å². The zero-order valence-electron chi connectivity index (χ0n) is 13.3. The van der Waals surface area contributed by atoms with Crippen LogP contribution in [-0.4, -0.2) is 16.5 Å². The molecule has 3 rings (SSSR count). The summed E-state index contributed by atoms with van der Waals surface area (Å²) in [5.41, 5.74) is -1.45. The van der Waals surface area contributed by atoms with E-state index < -0.39 is 29.1 Å². The molecule has 8 heteroatoms. The van der Waals surface area contributed by atoms with E-state index in [1.54, 1.807) is 12.1 Å². The summed E-state index contributed by atoms with van der Waals surface area (Å²) < 4.78 is 28.2. The van der Waals surface area contributed by atoms with Crippen LogP contribution >= 0.6 is 0 Å². The quantitative estimate of drug-likeness (QED) is 0.821. The fourth-order valence-electron chi connectivity index (χ4n) is 2.89. The summed E-state index contributed by atoms with van der Waals surface area (Å²) in [4.78, 5) is 36.6. The maximum absolute atomic E-state index is 13.7. The Kier molecular flexibility index (Phi) is 4.12. The number of pyridine rings is 1. The van der Waals surface area contributed by atoms with Gasteiger partial charge in [0.1, 0.15) is 0 Å². The molecule has 2 N–H and O–H groups in total. The third-order valence-electron chi connectivity index (χ3n) is 4.24. The van der Waals surface area contributed by atoms with Crippen molar-refractivity contribution in [3.63, 3.8) is 0 Å². The third-order valence-corrected chi connectivity index (χ3v) is 4.24. The smallest absolute Gasteiger partial charge is 0.318 e. The molecule has 0 saturated carbocycles. The average Bonchev–Trinajstić information content (AvgIpc) is 2.86. The molecule has 0 aliphatic carbocycles. The number of aryl methyl sites for hydroxylation is 1. The number of hydrogen-bond acceptors (Lipinski definition) is 3.